The van der Waals surface area contributed by atoms with E-state index in [1.165, 1.54) is 6.07 Å². The van der Waals surface area contributed by atoms with Crippen molar-refractivity contribution in [2.24, 2.45) is 7.05 Å². The van der Waals surface area contributed by atoms with Crippen LogP contribution in [0.3, 0.4) is 0 Å². The van der Waals surface area contributed by atoms with Gasteiger partial charge in [0.1, 0.15) is 11.6 Å². The molecule has 6 heteroatoms. The van der Waals surface area contributed by atoms with E-state index < -0.39 is 0 Å². The molecule has 1 aliphatic heterocycles. The quantitative estimate of drug-likeness (QED) is 0.709. The SMILES string of the molecule is Cc1cc([C@H]2CN(Cc3nnc(-c4ccccc4)n3C)CCO2)ccc1F. The summed E-state index contributed by atoms with van der Waals surface area (Å²) in [5.41, 5.74) is 2.72. The fraction of sp³-hybridized carbons (Fsp3) is 0.333. The molecule has 0 unspecified atom stereocenters. The van der Waals surface area contributed by atoms with Crippen LogP contribution < -0.4 is 0 Å². The molecule has 1 atom stereocenters. The molecule has 2 aromatic carbocycles. The van der Waals surface area contributed by atoms with Crippen LogP contribution in [0.25, 0.3) is 11.4 Å². The minimum Gasteiger partial charge on any atom is -0.371 e. The van der Waals surface area contributed by atoms with Crippen LogP contribution in [0.15, 0.2) is 48.5 Å². The predicted octanol–water partition coefficient (Wildman–Crippen LogP) is 3.50. The van der Waals surface area contributed by atoms with Gasteiger partial charge in [0.05, 0.1) is 19.3 Å². The Balaban J connectivity index is 1.48. The summed E-state index contributed by atoms with van der Waals surface area (Å²) in [5.74, 6) is 1.60. The highest BCUT2D eigenvalue weighted by atomic mass is 19.1. The van der Waals surface area contributed by atoms with Crippen molar-refractivity contribution in [3.05, 3.63) is 71.3 Å². The zero-order valence-corrected chi connectivity index (χ0v) is 15.6. The zero-order chi connectivity index (χ0) is 18.8. The molecule has 0 saturated carbocycles. The van der Waals surface area contributed by atoms with Gasteiger partial charge in [0, 0.05) is 25.7 Å². The van der Waals surface area contributed by atoms with Gasteiger partial charge in [-0.15, -0.1) is 10.2 Å². The van der Waals surface area contributed by atoms with E-state index >= 15 is 0 Å². The maximum absolute atomic E-state index is 13.5. The largest absolute Gasteiger partial charge is 0.371 e. The molecule has 140 valence electrons. The van der Waals surface area contributed by atoms with E-state index in [0.29, 0.717) is 18.7 Å². The van der Waals surface area contributed by atoms with Gasteiger partial charge in [0.25, 0.3) is 0 Å². The molecule has 2 heterocycles. The Labute approximate surface area is 158 Å². The highest BCUT2D eigenvalue weighted by molar-refractivity contribution is 5.54. The molecule has 0 bridgehead atoms. The van der Waals surface area contributed by atoms with Crippen LogP contribution in [0.1, 0.15) is 23.1 Å². The number of ether oxygens (including phenoxy) is 1. The molecule has 0 spiro atoms. The molecule has 5 nitrogen and oxygen atoms in total. The lowest BCUT2D eigenvalue weighted by Crippen LogP contribution is -2.38. The van der Waals surface area contributed by atoms with Crippen molar-refractivity contribution in [1.82, 2.24) is 19.7 Å². The maximum atomic E-state index is 13.5. The molecular weight excluding hydrogens is 343 g/mol. The van der Waals surface area contributed by atoms with Gasteiger partial charge in [0.15, 0.2) is 5.82 Å². The minimum atomic E-state index is -0.182. The van der Waals surface area contributed by atoms with Crippen LogP contribution in [0.4, 0.5) is 4.39 Å². The van der Waals surface area contributed by atoms with Gasteiger partial charge in [-0.1, -0.05) is 42.5 Å². The second kappa shape index (κ2) is 7.58. The van der Waals surface area contributed by atoms with Crippen LogP contribution in [-0.4, -0.2) is 39.4 Å². The van der Waals surface area contributed by atoms with Crippen molar-refractivity contribution in [2.45, 2.75) is 19.6 Å². The standard InChI is InChI=1S/C21H23FN4O/c1-15-12-17(8-9-18(15)22)19-13-26(10-11-27-19)14-20-23-24-21(25(20)2)16-6-4-3-5-7-16/h3-9,12,19H,10-11,13-14H2,1-2H3/t19-/m1/s1. The lowest BCUT2D eigenvalue weighted by Gasteiger charge is -2.33. The molecule has 0 aliphatic carbocycles. The molecule has 0 radical (unpaired) electrons. The van der Waals surface area contributed by atoms with Crippen molar-refractivity contribution in [3.8, 4) is 11.4 Å². The number of hydrogen-bond acceptors (Lipinski definition) is 4. The van der Waals surface area contributed by atoms with Crippen molar-refractivity contribution >= 4 is 0 Å². The summed E-state index contributed by atoms with van der Waals surface area (Å²) < 4.78 is 21.5. The number of rotatable bonds is 4. The Morgan fingerprint density at radius 1 is 1.15 bits per heavy atom. The maximum Gasteiger partial charge on any atom is 0.163 e. The van der Waals surface area contributed by atoms with E-state index in [-0.39, 0.29) is 11.9 Å². The normalized spacial score (nSPS) is 18.0. The third-order valence-corrected chi connectivity index (χ3v) is 5.07. The van der Waals surface area contributed by atoms with E-state index in [1.807, 2.05) is 54.1 Å². The summed E-state index contributed by atoms with van der Waals surface area (Å²) in [7, 11) is 2.00. The van der Waals surface area contributed by atoms with Crippen LogP contribution in [0.2, 0.25) is 0 Å². The van der Waals surface area contributed by atoms with Gasteiger partial charge in [-0.25, -0.2) is 4.39 Å². The average Bonchev–Trinajstić information content (AvgIpc) is 3.05. The average molecular weight is 366 g/mol. The molecule has 1 fully saturated rings. The summed E-state index contributed by atoms with van der Waals surface area (Å²) in [6, 6.07) is 15.3. The molecule has 0 N–H and O–H groups in total. The topological polar surface area (TPSA) is 43.2 Å². The number of aromatic nitrogens is 3. The highest BCUT2D eigenvalue weighted by Gasteiger charge is 2.24. The first-order chi connectivity index (χ1) is 13.1. The Kier molecular flexibility index (Phi) is 5.01. The number of nitrogens with zero attached hydrogens (tertiary/aromatic N) is 4. The van der Waals surface area contributed by atoms with Gasteiger partial charge in [-0.2, -0.15) is 0 Å². The van der Waals surface area contributed by atoms with E-state index in [1.54, 1.807) is 6.92 Å². The van der Waals surface area contributed by atoms with E-state index in [9.17, 15) is 4.39 Å². The lowest BCUT2D eigenvalue weighted by molar-refractivity contribution is -0.0339. The number of aryl methyl sites for hydroxylation is 1. The van der Waals surface area contributed by atoms with Crippen molar-refractivity contribution in [3.63, 3.8) is 0 Å². The Bertz CT molecular complexity index is 925. The minimum absolute atomic E-state index is 0.0557. The lowest BCUT2D eigenvalue weighted by atomic mass is 10.0. The van der Waals surface area contributed by atoms with E-state index in [4.69, 9.17) is 4.74 Å². The van der Waals surface area contributed by atoms with Crippen LogP contribution in [0.5, 0.6) is 0 Å². The fourth-order valence-electron chi connectivity index (χ4n) is 3.45. The molecule has 1 aliphatic rings. The van der Waals surface area contributed by atoms with Gasteiger partial charge in [-0.3, -0.25) is 4.90 Å². The molecule has 3 aromatic rings. The summed E-state index contributed by atoms with van der Waals surface area (Å²) in [6.45, 7) is 4.72. The van der Waals surface area contributed by atoms with Crippen LogP contribution >= 0.6 is 0 Å². The number of halogens is 1. The molecular formula is C21H23FN4O. The first-order valence-corrected chi connectivity index (χ1v) is 9.15. The second-order valence-electron chi connectivity index (χ2n) is 6.97. The third-order valence-electron chi connectivity index (χ3n) is 5.07. The Hall–Kier alpha value is -2.57. The zero-order valence-electron chi connectivity index (χ0n) is 15.6. The Morgan fingerprint density at radius 3 is 2.74 bits per heavy atom. The smallest absolute Gasteiger partial charge is 0.163 e. The number of benzene rings is 2. The van der Waals surface area contributed by atoms with Crippen molar-refractivity contribution in [2.75, 3.05) is 19.7 Å². The molecule has 1 aromatic heterocycles. The van der Waals surface area contributed by atoms with E-state index in [0.717, 1.165) is 35.9 Å². The summed E-state index contributed by atoms with van der Waals surface area (Å²) in [4.78, 5) is 2.31. The van der Waals surface area contributed by atoms with Crippen LogP contribution in [-0.2, 0) is 18.3 Å². The van der Waals surface area contributed by atoms with Crippen molar-refractivity contribution < 1.29 is 9.13 Å². The molecule has 27 heavy (non-hydrogen) atoms. The Morgan fingerprint density at radius 2 is 1.96 bits per heavy atom. The first kappa shape index (κ1) is 17.8. The summed E-state index contributed by atoms with van der Waals surface area (Å²) in [6.07, 6.45) is -0.0557. The third kappa shape index (κ3) is 3.77. The van der Waals surface area contributed by atoms with Crippen LogP contribution in [0, 0.1) is 12.7 Å². The monoisotopic (exact) mass is 366 g/mol. The predicted molar refractivity (Wildman–Crippen MR) is 102 cm³/mol. The molecule has 4 rings (SSSR count). The van der Waals surface area contributed by atoms with Gasteiger partial charge in [0.2, 0.25) is 0 Å². The first-order valence-electron chi connectivity index (χ1n) is 9.15. The van der Waals surface area contributed by atoms with Gasteiger partial charge < -0.3 is 9.30 Å². The molecule has 1 saturated heterocycles. The van der Waals surface area contributed by atoms with Gasteiger partial charge in [-0.05, 0) is 24.1 Å². The summed E-state index contributed by atoms with van der Waals surface area (Å²) >= 11 is 0. The summed E-state index contributed by atoms with van der Waals surface area (Å²) in [5, 5.41) is 8.75. The fourth-order valence-corrected chi connectivity index (χ4v) is 3.45. The highest BCUT2D eigenvalue weighted by Crippen LogP contribution is 2.25. The van der Waals surface area contributed by atoms with Gasteiger partial charge >= 0.3 is 0 Å². The number of hydrogen-bond donors (Lipinski definition) is 0. The number of morpholine rings is 1. The van der Waals surface area contributed by atoms with Crippen molar-refractivity contribution in [1.29, 1.82) is 0 Å². The van der Waals surface area contributed by atoms with E-state index in [2.05, 4.69) is 15.1 Å². The second-order valence-corrected chi connectivity index (χ2v) is 6.97. The molecule has 0 amide bonds.